The van der Waals surface area contributed by atoms with Gasteiger partial charge in [0.05, 0.1) is 17.3 Å². The van der Waals surface area contributed by atoms with Crippen molar-refractivity contribution < 1.29 is 14.3 Å². The van der Waals surface area contributed by atoms with E-state index in [-0.39, 0.29) is 18.0 Å². The molecule has 0 spiro atoms. The maximum absolute atomic E-state index is 12.7. The summed E-state index contributed by atoms with van der Waals surface area (Å²) < 4.78 is 5.22. The van der Waals surface area contributed by atoms with Crippen LogP contribution in [0.5, 0.6) is 0 Å². The number of amides is 1. The highest BCUT2D eigenvalue weighted by molar-refractivity contribution is 6.35. The number of hydrogen-bond donors (Lipinski definition) is 3. The lowest BCUT2D eigenvalue weighted by atomic mass is 9.97. The monoisotopic (exact) mass is 387 g/mol. The number of anilines is 1. The van der Waals surface area contributed by atoms with E-state index in [0.29, 0.717) is 28.8 Å². The van der Waals surface area contributed by atoms with E-state index in [2.05, 4.69) is 16.0 Å². The minimum Gasteiger partial charge on any atom is -0.464 e. The molecule has 0 radical (unpaired) electrons. The van der Waals surface area contributed by atoms with Crippen LogP contribution in [0.3, 0.4) is 0 Å². The van der Waals surface area contributed by atoms with E-state index in [1.807, 2.05) is 20.8 Å². The van der Waals surface area contributed by atoms with Crippen molar-refractivity contribution in [3.63, 3.8) is 0 Å². The highest BCUT2D eigenvalue weighted by Gasteiger charge is 2.41. The van der Waals surface area contributed by atoms with Crippen LogP contribution in [-0.2, 0) is 14.3 Å². The second-order valence-corrected chi connectivity index (χ2v) is 6.99. The number of ether oxygens (including phenoxy) is 1. The first kappa shape index (κ1) is 20.0. The van der Waals surface area contributed by atoms with Crippen LogP contribution in [0.25, 0.3) is 0 Å². The van der Waals surface area contributed by atoms with Crippen molar-refractivity contribution in [1.82, 2.24) is 10.6 Å². The highest BCUT2D eigenvalue weighted by Crippen LogP contribution is 2.26. The van der Waals surface area contributed by atoms with Gasteiger partial charge in [0.25, 0.3) is 0 Å². The molecule has 6 nitrogen and oxygen atoms in total. The van der Waals surface area contributed by atoms with Crippen LogP contribution < -0.4 is 16.0 Å². The number of piperazine rings is 1. The molecule has 0 bridgehead atoms. The number of esters is 1. The molecular weight excluding hydrogens is 365 g/mol. The first-order valence-corrected chi connectivity index (χ1v) is 9.03. The van der Waals surface area contributed by atoms with Crippen LogP contribution in [0.15, 0.2) is 18.2 Å². The summed E-state index contributed by atoms with van der Waals surface area (Å²) in [6, 6.07) is 3.24. The molecule has 2 rings (SSSR count). The van der Waals surface area contributed by atoms with Gasteiger partial charge in [-0.3, -0.25) is 20.2 Å². The van der Waals surface area contributed by atoms with Gasteiger partial charge in [0.1, 0.15) is 12.1 Å². The zero-order valence-electron chi connectivity index (χ0n) is 14.4. The largest absolute Gasteiger partial charge is 0.464 e. The summed E-state index contributed by atoms with van der Waals surface area (Å²) in [6.07, 6.45) is 0.715. The van der Waals surface area contributed by atoms with E-state index < -0.39 is 18.1 Å². The standard InChI is InChI=1S/C17H23Cl2N3O3/c1-4-7-25-17(24)15-14(20-9(2)10(3)21-15)16(23)22-13-8-11(18)5-6-12(13)19/h5-6,8-10,14-15,20-21H,4,7H2,1-3H3,(H,22,23). The number of nitrogens with one attached hydrogen (secondary N) is 3. The quantitative estimate of drug-likeness (QED) is 0.676. The molecule has 1 saturated heterocycles. The molecule has 1 aromatic carbocycles. The van der Waals surface area contributed by atoms with Crippen molar-refractivity contribution in [3.8, 4) is 0 Å². The number of hydrogen-bond acceptors (Lipinski definition) is 5. The lowest BCUT2D eigenvalue weighted by Gasteiger charge is -2.39. The lowest BCUT2D eigenvalue weighted by molar-refractivity contribution is -0.149. The summed E-state index contributed by atoms with van der Waals surface area (Å²) in [4.78, 5) is 25.1. The normalized spacial score (nSPS) is 26.1. The van der Waals surface area contributed by atoms with Crippen molar-refractivity contribution in [3.05, 3.63) is 28.2 Å². The first-order valence-electron chi connectivity index (χ1n) is 8.28. The van der Waals surface area contributed by atoms with Crippen molar-refractivity contribution in [1.29, 1.82) is 0 Å². The summed E-state index contributed by atoms with van der Waals surface area (Å²) in [5, 5.41) is 9.89. The van der Waals surface area contributed by atoms with Crippen molar-refractivity contribution in [2.24, 2.45) is 0 Å². The Kier molecular flexibility index (Phi) is 7.07. The molecule has 3 N–H and O–H groups in total. The van der Waals surface area contributed by atoms with Crippen molar-refractivity contribution >= 4 is 40.8 Å². The molecule has 0 aliphatic carbocycles. The van der Waals surface area contributed by atoms with Gasteiger partial charge in [-0.1, -0.05) is 30.1 Å². The van der Waals surface area contributed by atoms with Crippen LogP contribution in [-0.4, -0.2) is 42.7 Å². The Morgan fingerprint density at radius 1 is 1.16 bits per heavy atom. The third kappa shape index (κ3) is 5.07. The van der Waals surface area contributed by atoms with Gasteiger partial charge in [-0.15, -0.1) is 0 Å². The van der Waals surface area contributed by atoms with E-state index >= 15 is 0 Å². The van der Waals surface area contributed by atoms with Crippen LogP contribution in [0.4, 0.5) is 5.69 Å². The van der Waals surface area contributed by atoms with Gasteiger partial charge in [0, 0.05) is 17.1 Å². The van der Waals surface area contributed by atoms with Gasteiger partial charge in [0.15, 0.2) is 0 Å². The molecule has 4 unspecified atom stereocenters. The average molecular weight is 388 g/mol. The molecule has 8 heteroatoms. The molecule has 4 atom stereocenters. The molecule has 1 heterocycles. The molecule has 0 saturated carbocycles. The summed E-state index contributed by atoms with van der Waals surface area (Å²) in [5.74, 6) is -0.834. The van der Waals surface area contributed by atoms with Crippen LogP contribution in [0.1, 0.15) is 27.2 Å². The zero-order chi connectivity index (χ0) is 18.6. The predicted molar refractivity (Wildman–Crippen MR) is 99.1 cm³/mol. The van der Waals surface area contributed by atoms with E-state index in [1.165, 1.54) is 0 Å². The molecule has 1 fully saturated rings. The second kappa shape index (κ2) is 8.85. The number of halogens is 2. The predicted octanol–water partition coefficient (Wildman–Crippen LogP) is 2.59. The van der Waals surface area contributed by atoms with E-state index in [4.69, 9.17) is 27.9 Å². The number of benzene rings is 1. The fourth-order valence-electron chi connectivity index (χ4n) is 2.57. The maximum atomic E-state index is 12.7. The second-order valence-electron chi connectivity index (χ2n) is 6.15. The molecule has 25 heavy (non-hydrogen) atoms. The fraction of sp³-hybridized carbons (Fsp3) is 0.529. The molecule has 1 amide bonds. The minimum atomic E-state index is -0.786. The van der Waals surface area contributed by atoms with E-state index in [9.17, 15) is 9.59 Å². The third-order valence-electron chi connectivity index (χ3n) is 4.14. The Labute approximate surface area is 157 Å². The van der Waals surface area contributed by atoms with Gasteiger partial charge >= 0.3 is 5.97 Å². The Morgan fingerprint density at radius 2 is 1.80 bits per heavy atom. The third-order valence-corrected chi connectivity index (χ3v) is 4.70. The Balaban J connectivity index is 2.17. The maximum Gasteiger partial charge on any atom is 0.325 e. The molecular formula is C17H23Cl2N3O3. The number of carbonyl (C=O) groups is 2. The van der Waals surface area contributed by atoms with Gasteiger partial charge in [-0.2, -0.15) is 0 Å². The van der Waals surface area contributed by atoms with Gasteiger partial charge in [0.2, 0.25) is 5.91 Å². The summed E-state index contributed by atoms with van der Waals surface area (Å²) in [5.41, 5.74) is 0.396. The first-order chi connectivity index (χ1) is 11.8. The SMILES string of the molecule is CCCOC(=O)C1NC(C)C(C)NC1C(=O)Nc1cc(Cl)ccc1Cl. The number of rotatable bonds is 5. The van der Waals surface area contributed by atoms with Crippen LogP contribution in [0, 0.1) is 0 Å². The van der Waals surface area contributed by atoms with Crippen molar-refractivity contribution in [2.45, 2.75) is 51.4 Å². The van der Waals surface area contributed by atoms with Gasteiger partial charge < -0.3 is 10.1 Å². The highest BCUT2D eigenvalue weighted by atomic mass is 35.5. The lowest BCUT2D eigenvalue weighted by Crippen LogP contribution is -2.69. The molecule has 0 aromatic heterocycles. The van der Waals surface area contributed by atoms with Crippen molar-refractivity contribution in [2.75, 3.05) is 11.9 Å². The number of carbonyl (C=O) groups excluding carboxylic acids is 2. The molecule has 138 valence electrons. The Hall–Kier alpha value is -1.34. The van der Waals surface area contributed by atoms with Gasteiger partial charge in [-0.25, -0.2) is 0 Å². The van der Waals surface area contributed by atoms with Gasteiger partial charge in [-0.05, 0) is 38.5 Å². The summed E-state index contributed by atoms with van der Waals surface area (Å²) in [6.45, 7) is 6.11. The molecule has 1 aliphatic heterocycles. The minimum absolute atomic E-state index is 0.000749. The zero-order valence-corrected chi connectivity index (χ0v) is 15.9. The molecule has 1 aromatic rings. The van der Waals surface area contributed by atoms with Crippen LogP contribution in [0.2, 0.25) is 10.0 Å². The molecule has 1 aliphatic rings. The van der Waals surface area contributed by atoms with Crippen LogP contribution >= 0.6 is 23.2 Å². The Bertz CT molecular complexity index is 642. The fourth-order valence-corrected chi connectivity index (χ4v) is 2.91. The summed E-state index contributed by atoms with van der Waals surface area (Å²) >= 11 is 12.1. The Morgan fingerprint density at radius 3 is 2.44 bits per heavy atom. The topological polar surface area (TPSA) is 79.5 Å². The smallest absolute Gasteiger partial charge is 0.325 e. The van der Waals surface area contributed by atoms with E-state index in [1.54, 1.807) is 18.2 Å². The average Bonchev–Trinajstić information content (AvgIpc) is 2.57. The summed E-state index contributed by atoms with van der Waals surface area (Å²) in [7, 11) is 0. The van der Waals surface area contributed by atoms with E-state index in [0.717, 1.165) is 0 Å².